The molecule has 6 heterocycles. The lowest BCUT2D eigenvalue weighted by atomic mass is 10.1. The fourth-order valence-electron chi connectivity index (χ4n) is 4.88. The van der Waals surface area contributed by atoms with Gasteiger partial charge in [0.2, 0.25) is 0 Å². The van der Waals surface area contributed by atoms with Crippen LogP contribution < -0.4 is 10.1 Å². The molecule has 1 saturated heterocycles. The zero-order valence-electron chi connectivity index (χ0n) is 20.3. The van der Waals surface area contributed by atoms with Crippen LogP contribution in [-0.4, -0.2) is 54.3 Å². The first kappa shape index (κ1) is 22.5. The first-order valence-corrected chi connectivity index (χ1v) is 12.5. The van der Waals surface area contributed by atoms with Gasteiger partial charge in [-0.3, -0.25) is 15.1 Å². The summed E-state index contributed by atoms with van der Waals surface area (Å²) in [6.45, 7) is 1.91. The number of rotatable bonds is 5. The molecule has 38 heavy (non-hydrogen) atoms. The molecule has 0 atom stereocenters. The van der Waals surface area contributed by atoms with Crippen LogP contribution in [0.5, 0.6) is 5.75 Å². The molecule has 6 aromatic rings. The van der Waals surface area contributed by atoms with Gasteiger partial charge in [-0.2, -0.15) is 5.10 Å². The Hall–Kier alpha value is -4.70. The predicted octanol–water partition coefficient (Wildman–Crippen LogP) is 4.90. The van der Waals surface area contributed by atoms with Gasteiger partial charge in [0.15, 0.2) is 11.5 Å². The summed E-state index contributed by atoms with van der Waals surface area (Å²) < 4.78 is 20.7. The molecule has 0 spiro atoms. The van der Waals surface area contributed by atoms with Gasteiger partial charge in [-0.05, 0) is 50.2 Å². The zero-order chi connectivity index (χ0) is 25.5. The molecule has 3 N–H and O–H groups in total. The summed E-state index contributed by atoms with van der Waals surface area (Å²) in [4.78, 5) is 21.6. The lowest BCUT2D eigenvalue weighted by Gasteiger charge is -2.23. The summed E-state index contributed by atoms with van der Waals surface area (Å²) >= 11 is 0. The Morgan fingerprint density at radius 1 is 0.842 bits per heavy atom. The van der Waals surface area contributed by atoms with E-state index in [2.05, 4.69) is 30.5 Å². The number of ether oxygens (including phenoxy) is 1. The van der Waals surface area contributed by atoms with E-state index in [0.29, 0.717) is 39.2 Å². The lowest BCUT2D eigenvalue weighted by Crippen LogP contribution is -2.34. The highest BCUT2D eigenvalue weighted by Gasteiger charge is 2.19. The Balaban J connectivity index is 1.26. The van der Waals surface area contributed by atoms with Gasteiger partial charge in [0.25, 0.3) is 0 Å². The number of pyridine rings is 3. The van der Waals surface area contributed by atoms with E-state index in [1.807, 2.05) is 18.2 Å². The van der Waals surface area contributed by atoms with Crippen LogP contribution in [0.2, 0.25) is 0 Å². The van der Waals surface area contributed by atoms with Crippen LogP contribution >= 0.6 is 0 Å². The molecular formula is C28H23FN8O. The minimum absolute atomic E-state index is 0.182. The number of hydrogen-bond donors (Lipinski definition) is 3. The molecule has 9 nitrogen and oxygen atoms in total. The van der Waals surface area contributed by atoms with E-state index in [1.165, 1.54) is 6.07 Å². The number of H-pyrrole nitrogens is 2. The summed E-state index contributed by atoms with van der Waals surface area (Å²) in [5, 5.41) is 10.9. The van der Waals surface area contributed by atoms with Crippen molar-refractivity contribution < 1.29 is 9.13 Å². The summed E-state index contributed by atoms with van der Waals surface area (Å²) in [5.74, 6) is 0.916. The number of aromatic nitrogens is 7. The van der Waals surface area contributed by atoms with Crippen LogP contribution in [0, 0.1) is 5.82 Å². The second kappa shape index (κ2) is 9.31. The van der Waals surface area contributed by atoms with Crippen LogP contribution in [-0.2, 0) is 0 Å². The van der Waals surface area contributed by atoms with E-state index in [-0.39, 0.29) is 11.9 Å². The molecule has 0 aliphatic carbocycles. The molecule has 1 aliphatic heterocycles. The summed E-state index contributed by atoms with van der Waals surface area (Å²) in [7, 11) is 0. The molecule has 188 valence electrons. The van der Waals surface area contributed by atoms with E-state index in [4.69, 9.17) is 14.7 Å². The summed E-state index contributed by atoms with van der Waals surface area (Å²) in [6.07, 6.45) is 8.93. The van der Waals surface area contributed by atoms with Gasteiger partial charge < -0.3 is 15.0 Å². The third-order valence-corrected chi connectivity index (χ3v) is 6.79. The molecule has 7 rings (SSSR count). The molecular weight excluding hydrogens is 483 g/mol. The first-order chi connectivity index (χ1) is 18.7. The highest BCUT2D eigenvalue weighted by atomic mass is 19.1. The minimum atomic E-state index is -0.331. The Kier molecular flexibility index (Phi) is 5.51. The Morgan fingerprint density at radius 3 is 2.61 bits per heavy atom. The number of nitrogens with zero attached hydrogens (tertiary/aromatic N) is 5. The Bertz CT molecular complexity index is 1770. The van der Waals surface area contributed by atoms with E-state index >= 15 is 0 Å². The van der Waals surface area contributed by atoms with Gasteiger partial charge in [0.05, 0.1) is 29.1 Å². The number of piperidine rings is 1. The van der Waals surface area contributed by atoms with Gasteiger partial charge in [0.1, 0.15) is 28.7 Å². The third kappa shape index (κ3) is 4.04. The van der Waals surface area contributed by atoms with Crippen molar-refractivity contribution in [2.45, 2.75) is 18.9 Å². The van der Waals surface area contributed by atoms with Crippen LogP contribution in [0.15, 0.2) is 67.3 Å². The third-order valence-electron chi connectivity index (χ3n) is 6.79. The highest BCUT2D eigenvalue weighted by molar-refractivity contribution is 5.95. The number of hydrogen-bond acceptors (Lipinski definition) is 7. The van der Waals surface area contributed by atoms with Gasteiger partial charge in [-0.1, -0.05) is 18.2 Å². The van der Waals surface area contributed by atoms with Crippen molar-refractivity contribution >= 4 is 22.1 Å². The Morgan fingerprint density at radius 2 is 1.71 bits per heavy atom. The maximum Gasteiger partial charge on any atom is 0.161 e. The minimum Gasteiger partial charge on any atom is -0.489 e. The molecule has 1 fully saturated rings. The predicted molar refractivity (Wildman–Crippen MR) is 142 cm³/mol. The average Bonchev–Trinajstić information content (AvgIpc) is 3.58. The molecule has 0 saturated carbocycles. The van der Waals surface area contributed by atoms with E-state index in [9.17, 15) is 4.39 Å². The van der Waals surface area contributed by atoms with Crippen LogP contribution in [0.4, 0.5) is 4.39 Å². The molecule has 0 bridgehead atoms. The highest BCUT2D eigenvalue weighted by Crippen LogP contribution is 2.32. The normalized spacial score (nSPS) is 14.3. The second-order valence-corrected chi connectivity index (χ2v) is 9.29. The number of nitrogens with one attached hydrogen (secondary N) is 3. The topological polar surface area (TPSA) is 117 Å². The van der Waals surface area contributed by atoms with Crippen molar-refractivity contribution in [2.75, 3.05) is 13.1 Å². The Labute approximate surface area is 216 Å². The SMILES string of the molecule is Fc1ccccc1-c1cncc2[nH]c(-c3n[nH]c4ccc(-c5cncc(OC6CCNCC6)c5)nc34)nc12. The average molecular weight is 507 g/mol. The van der Waals surface area contributed by atoms with Gasteiger partial charge in [-0.15, -0.1) is 0 Å². The van der Waals surface area contributed by atoms with Crippen LogP contribution in [0.3, 0.4) is 0 Å². The molecule has 0 amide bonds. The first-order valence-electron chi connectivity index (χ1n) is 12.5. The standard InChI is InChI=1S/C28H23FN8O/c29-21-4-2-1-3-19(21)20-14-32-15-24-25(20)35-28(34-24)27-26-23(36-37-27)6-5-22(33-26)16-11-18(13-31-12-16)38-17-7-9-30-10-8-17/h1-6,11-15,17,30H,7-10H2,(H,34,35)(H,36,37). The molecule has 0 radical (unpaired) electrons. The van der Waals surface area contributed by atoms with E-state index < -0.39 is 0 Å². The van der Waals surface area contributed by atoms with Crippen molar-refractivity contribution in [3.05, 3.63) is 73.1 Å². The summed E-state index contributed by atoms with van der Waals surface area (Å²) in [5.41, 5.74) is 5.92. The smallest absolute Gasteiger partial charge is 0.161 e. The van der Waals surface area contributed by atoms with Gasteiger partial charge in [0, 0.05) is 29.1 Å². The van der Waals surface area contributed by atoms with Crippen LogP contribution in [0.1, 0.15) is 12.8 Å². The van der Waals surface area contributed by atoms with E-state index in [1.54, 1.807) is 43.0 Å². The van der Waals surface area contributed by atoms with Crippen molar-refractivity contribution in [3.63, 3.8) is 0 Å². The fraction of sp³-hybridized carbons (Fsp3) is 0.179. The van der Waals surface area contributed by atoms with E-state index in [0.717, 1.165) is 48.5 Å². The monoisotopic (exact) mass is 506 g/mol. The van der Waals surface area contributed by atoms with Gasteiger partial charge >= 0.3 is 0 Å². The van der Waals surface area contributed by atoms with Crippen molar-refractivity contribution in [1.29, 1.82) is 0 Å². The molecule has 0 unspecified atom stereocenters. The number of benzene rings is 1. The fourth-order valence-corrected chi connectivity index (χ4v) is 4.88. The maximum absolute atomic E-state index is 14.5. The maximum atomic E-state index is 14.5. The number of imidazole rings is 1. The molecule has 10 heteroatoms. The summed E-state index contributed by atoms with van der Waals surface area (Å²) in [6, 6.07) is 12.4. The molecule has 1 aliphatic rings. The second-order valence-electron chi connectivity index (χ2n) is 9.29. The number of aromatic amines is 2. The van der Waals surface area contributed by atoms with Crippen molar-refractivity contribution in [2.24, 2.45) is 0 Å². The quantitative estimate of drug-likeness (QED) is 0.305. The van der Waals surface area contributed by atoms with Crippen molar-refractivity contribution in [1.82, 2.24) is 40.4 Å². The number of halogens is 1. The zero-order valence-corrected chi connectivity index (χ0v) is 20.3. The largest absolute Gasteiger partial charge is 0.489 e. The lowest BCUT2D eigenvalue weighted by molar-refractivity contribution is 0.162. The molecule has 5 aromatic heterocycles. The van der Waals surface area contributed by atoms with Gasteiger partial charge in [-0.25, -0.2) is 14.4 Å². The molecule has 1 aromatic carbocycles. The van der Waals surface area contributed by atoms with Crippen molar-refractivity contribution in [3.8, 4) is 39.7 Å². The van der Waals surface area contributed by atoms with Crippen LogP contribution in [0.25, 0.3) is 56.0 Å². The number of fused-ring (bicyclic) bond motifs is 2.